The van der Waals surface area contributed by atoms with Crippen LogP contribution in [0.4, 0.5) is 8.78 Å². The molecule has 0 aliphatic carbocycles. The summed E-state index contributed by atoms with van der Waals surface area (Å²) < 4.78 is 27.5. The van der Waals surface area contributed by atoms with E-state index < -0.39 is 11.6 Å². The summed E-state index contributed by atoms with van der Waals surface area (Å²) in [5, 5.41) is 12.3. The van der Waals surface area contributed by atoms with Crippen LogP contribution in [0, 0.1) is 11.6 Å². The molecule has 0 saturated heterocycles. The second kappa shape index (κ2) is 6.52. The van der Waals surface area contributed by atoms with Crippen LogP contribution in [-0.2, 0) is 6.42 Å². The molecule has 0 unspecified atom stereocenters. The molecule has 0 aromatic heterocycles. The molecule has 0 fully saturated rings. The molecule has 2 rings (SSSR count). The first kappa shape index (κ1) is 14.5. The van der Waals surface area contributed by atoms with Crippen molar-refractivity contribution >= 4 is 17.5 Å². The van der Waals surface area contributed by atoms with Gasteiger partial charge in [-0.25, -0.2) is 8.78 Å². The van der Waals surface area contributed by atoms with Crippen LogP contribution in [0.25, 0.3) is 0 Å². The zero-order valence-electron chi connectivity index (χ0n) is 10.8. The summed E-state index contributed by atoms with van der Waals surface area (Å²) in [7, 11) is 0. The molecular formula is C15H13F2NOS. The van der Waals surface area contributed by atoms with Gasteiger partial charge < -0.3 is 5.21 Å². The second-order valence-electron chi connectivity index (χ2n) is 4.18. The standard InChI is InChI=1S/C15H13F2NOS/c1-20-15-12(16)8-11(9-13(15)17)14(18-19)7-10-5-3-2-4-6-10/h2-6,8-9,19H,7H2,1H3. The largest absolute Gasteiger partial charge is 0.411 e. The van der Waals surface area contributed by atoms with E-state index in [2.05, 4.69) is 5.16 Å². The van der Waals surface area contributed by atoms with Crippen LogP contribution in [-0.4, -0.2) is 17.2 Å². The first-order valence-electron chi connectivity index (χ1n) is 5.94. The van der Waals surface area contributed by atoms with Crippen LogP contribution < -0.4 is 0 Å². The van der Waals surface area contributed by atoms with E-state index in [0.717, 1.165) is 17.3 Å². The zero-order chi connectivity index (χ0) is 14.5. The van der Waals surface area contributed by atoms with Gasteiger partial charge in [0.25, 0.3) is 0 Å². The Morgan fingerprint density at radius 3 is 2.25 bits per heavy atom. The van der Waals surface area contributed by atoms with Gasteiger partial charge >= 0.3 is 0 Å². The third-order valence-corrected chi connectivity index (χ3v) is 3.67. The maximum absolute atomic E-state index is 13.7. The Balaban J connectivity index is 2.34. The average Bonchev–Trinajstić information content (AvgIpc) is 2.45. The minimum Gasteiger partial charge on any atom is -0.411 e. The Labute approximate surface area is 120 Å². The Hall–Kier alpha value is -1.88. The first-order chi connectivity index (χ1) is 9.65. The Morgan fingerprint density at radius 2 is 1.75 bits per heavy atom. The number of hydrogen-bond acceptors (Lipinski definition) is 3. The number of rotatable bonds is 4. The van der Waals surface area contributed by atoms with Crippen molar-refractivity contribution in [2.75, 3.05) is 6.26 Å². The summed E-state index contributed by atoms with van der Waals surface area (Å²) in [5.74, 6) is -1.30. The molecule has 20 heavy (non-hydrogen) atoms. The Morgan fingerprint density at radius 1 is 1.15 bits per heavy atom. The quantitative estimate of drug-likeness (QED) is 0.398. The van der Waals surface area contributed by atoms with Crippen LogP contribution in [0.5, 0.6) is 0 Å². The fraction of sp³-hybridized carbons (Fsp3) is 0.133. The minimum atomic E-state index is -0.651. The van der Waals surface area contributed by atoms with E-state index in [-0.39, 0.29) is 16.2 Å². The highest BCUT2D eigenvalue weighted by Gasteiger charge is 2.14. The summed E-state index contributed by atoms with van der Waals surface area (Å²) >= 11 is 1.00. The van der Waals surface area contributed by atoms with Crippen LogP contribution in [0.3, 0.4) is 0 Å². The van der Waals surface area contributed by atoms with Gasteiger partial charge in [0.1, 0.15) is 11.6 Å². The Kier molecular flexibility index (Phi) is 4.74. The van der Waals surface area contributed by atoms with E-state index in [4.69, 9.17) is 5.21 Å². The van der Waals surface area contributed by atoms with Crippen molar-refractivity contribution in [3.8, 4) is 0 Å². The molecule has 0 saturated carbocycles. The van der Waals surface area contributed by atoms with Crippen molar-refractivity contribution in [3.63, 3.8) is 0 Å². The van der Waals surface area contributed by atoms with E-state index in [0.29, 0.717) is 6.42 Å². The van der Waals surface area contributed by atoms with Crippen LogP contribution in [0.1, 0.15) is 11.1 Å². The predicted octanol–water partition coefficient (Wildman–Crippen LogP) is 4.11. The lowest BCUT2D eigenvalue weighted by Gasteiger charge is -2.08. The fourth-order valence-corrected chi connectivity index (χ4v) is 2.41. The highest BCUT2D eigenvalue weighted by molar-refractivity contribution is 7.98. The zero-order valence-corrected chi connectivity index (χ0v) is 11.6. The number of nitrogens with zero attached hydrogens (tertiary/aromatic N) is 1. The number of thioether (sulfide) groups is 1. The molecule has 2 nitrogen and oxygen atoms in total. The monoisotopic (exact) mass is 293 g/mol. The molecule has 0 bridgehead atoms. The average molecular weight is 293 g/mol. The van der Waals surface area contributed by atoms with Crippen molar-refractivity contribution < 1.29 is 14.0 Å². The molecule has 1 N–H and O–H groups in total. The molecule has 5 heteroatoms. The molecule has 0 aliphatic rings. The lowest BCUT2D eigenvalue weighted by atomic mass is 10.0. The summed E-state index contributed by atoms with van der Waals surface area (Å²) in [4.78, 5) is -0.0363. The van der Waals surface area contributed by atoms with Crippen molar-refractivity contribution in [2.45, 2.75) is 11.3 Å². The molecule has 0 aliphatic heterocycles. The lowest BCUT2D eigenvalue weighted by Crippen LogP contribution is -2.07. The lowest BCUT2D eigenvalue weighted by molar-refractivity contribution is 0.318. The normalized spacial score (nSPS) is 11.7. The molecular weight excluding hydrogens is 280 g/mol. The van der Waals surface area contributed by atoms with Crippen LogP contribution >= 0.6 is 11.8 Å². The summed E-state index contributed by atoms with van der Waals surface area (Å²) in [5.41, 5.74) is 1.36. The van der Waals surface area contributed by atoms with Gasteiger partial charge in [0, 0.05) is 12.0 Å². The molecule has 0 amide bonds. The van der Waals surface area contributed by atoms with E-state index in [1.165, 1.54) is 12.1 Å². The third-order valence-electron chi connectivity index (χ3n) is 2.87. The number of halogens is 2. The van der Waals surface area contributed by atoms with Crippen molar-refractivity contribution in [1.82, 2.24) is 0 Å². The van der Waals surface area contributed by atoms with E-state index in [1.54, 1.807) is 6.26 Å². The summed E-state index contributed by atoms with van der Waals surface area (Å²) in [6, 6.07) is 11.7. The van der Waals surface area contributed by atoms with Gasteiger partial charge in [0.05, 0.1) is 10.6 Å². The number of oxime groups is 1. The maximum Gasteiger partial charge on any atom is 0.140 e. The molecule has 104 valence electrons. The minimum absolute atomic E-state index is 0.0363. The van der Waals surface area contributed by atoms with Crippen molar-refractivity contribution in [3.05, 3.63) is 65.2 Å². The molecule has 0 spiro atoms. The third kappa shape index (κ3) is 3.17. The molecule has 2 aromatic rings. The molecule has 2 aromatic carbocycles. The maximum atomic E-state index is 13.7. The van der Waals surface area contributed by atoms with E-state index in [9.17, 15) is 8.78 Å². The SMILES string of the molecule is CSc1c(F)cc(C(Cc2ccccc2)=NO)cc1F. The number of benzene rings is 2. The molecule has 0 atom stereocenters. The highest BCUT2D eigenvalue weighted by Crippen LogP contribution is 2.25. The van der Waals surface area contributed by atoms with Gasteiger partial charge in [-0.1, -0.05) is 35.5 Å². The number of hydrogen-bond donors (Lipinski definition) is 1. The smallest absolute Gasteiger partial charge is 0.140 e. The topological polar surface area (TPSA) is 32.6 Å². The van der Waals surface area contributed by atoms with Gasteiger partial charge in [-0.3, -0.25) is 0 Å². The van der Waals surface area contributed by atoms with Crippen molar-refractivity contribution in [2.24, 2.45) is 5.16 Å². The Bertz CT molecular complexity index is 606. The first-order valence-corrected chi connectivity index (χ1v) is 7.16. The summed E-state index contributed by atoms with van der Waals surface area (Å²) in [6.07, 6.45) is 1.90. The van der Waals surface area contributed by atoms with E-state index in [1.807, 2.05) is 30.3 Å². The molecule has 0 heterocycles. The molecule has 0 radical (unpaired) electrons. The van der Waals surface area contributed by atoms with Gasteiger partial charge in [0.2, 0.25) is 0 Å². The second-order valence-corrected chi connectivity index (χ2v) is 5.00. The van der Waals surface area contributed by atoms with Gasteiger partial charge in [-0.05, 0) is 24.0 Å². The van der Waals surface area contributed by atoms with E-state index >= 15 is 0 Å². The highest BCUT2D eigenvalue weighted by atomic mass is 32.2. The van der Waals surface area contributed by atoms with Gasteiger partial charge in [-0.2, -0.15) is 0 Å². The van der Waals surface area contributed by atoms with Crippen LogP contribution in [0.2, 0.25) is 0 Å². The predicted molar refractivity (Wildman–Crippen MR) is 76.6 cm³/mol. The fourth-order valence-electron chi connectivity index (χ4n) is 1.91. The van der Waals surface area contributed by atoms with Gasteiger partial charge in [-0.15, -0.1) is 11.8 Å². The summed E-state index contributed by atoms with van der Waals surface area (Å²) in [6.45, 7) is 0. The van der Waals surface area contributed by atoms with Crippen LogP contribution in [0.15, 0.2) is 52.5 Å². The van der Waals surface area contributed by atoms with Gasteiger partial charge in [0.15, 0.2) is 0 Å². The van der Waals surface area contributed by atoms with Crippen molar-refractivity contribution in [1.29, 1.82) is 0 Å².